The molecule has 0 aromatic carbocycles. The molecule has 1 fully saturated rings. The molecule has 88 valence electrons. The summed E-state index contributed by atoms with van der Waals surface area (Å²) >= 11 is 0. The van der Waals surface area contributed by atoms with Gasteiger partial charge in [0.15, 0.2) is 11.6 Å². The lowest BCUT2D eigenvalue weighted by Gasteiger charge is -2.19. The molecule has 0 bridgehead atoms. The number of nitrogen functional groups attached to an aromatic ring is 1. The van der Waals surface area contributed by atoms with Gasteiger partial charge in [-0.15, -0.1) is 0 Å². The maximum atomic E-state index is 13.3. The second-order valence-corrected chi connectivity index (χ2v) is 4.05. The topological polar surface area (TPSA) is 48.1 Å². The van der Waals surface area contributed by atoms with Gasteiger partial charge in [-0.1, -0.05) is 0 Å². The molecular formula is C11H14F2N2O. The highest BCUT2D eigenvalue weighted by Gasteiger charge is 2.44. The SMILES string of the molecule is Nc1ncccc1OCC1CCCC1(F)F. The third-order valence-electron chi connectivity index (χ3n) is 2.90. The summed E-state index contributed by atoms with van der Waals surface area (Å²) in [5.41, 5.74) is 5.55. The maximum absolute atomic E-state index is 13.3. The molecule has 2 N–H and O–H groups in total. The van der Waals surface area contributed by atoms with Crippen LogP contribution in [-0.2, 0) is 0 Å². The van der Waals surface area contributed by atoms with E-state index in [1.165, 1.54) is 6.20 Å². The number of hydrogen-bond acceptors (Lipinski definition) is 3. The lowest BCUT2D eigenvalue weighted by Crippen LogP contribution is -2.27. The number of nitrogens with two attached hydrogens (primary N) is 1. The van der Waals surface area contributed by atoms with Crippen LogP contribution in [0.15, 0.2) is 18.3 Å². The van der Waals surface area contributed by atoms with E-state index in [0.717, 1.165) is 0 Å². The Morgan fingerprint density at radius 2 is 2.38 bits per heavy atom. The van der Waals surface area contributed by atoms with Crippen LogP contribution >= 0.6 is 0 Å². The van der Waals surface area contributed by atoms with Gasteiger partial charge in [0.2, 0.25) is 0 Å². The molecule has 0 saturated heterocycles. The van der Waals surface area contributed by atoms with E-state index in [2.05, 4.69) is 4.98 Å². The summed E-state index contributed by atoms with van der Waals surface area (Å²) in [4.78, 5) is 3.83. The fraction of sp³-hybridized carbons (Fsp3) is 0.545. The first kappa shape index (κ1) is 11.1. The number of aromatic nitrogens is 1. The smallest absolute Gasteiger partial charge is 0.254 e. The van der Waals surface area contributed by atoms with Gasteiger partial charge in [0.05, 0.1) is 12.5 Å². The molecule has 1 atom stereocenters. The molecule has 0 aliphatic heterocycles. The fourth-order valence-corrected chi connectivity index (χ4v) is 1.92. The van der Waals surface area contributed by atoms with Crippen molar-refractivity contribution in [1.29, 1.82) is 0 Å². The minimum Gasteiger partial charge on any atom is -0.489 e. The van der Waals surface area contributed by atoms with Crippen LogP contribution in [0.5, 0.6) is 5.75 Å². The first-order valence-corrected chi connectivity index (χ1v) is 5.31. The average molecular weight is 228 g/mol. The number of pyridine rings is 1. The highest BCUT2D eigenvalue weighted by atomic mass is 19.3. The van der Waals surface area contributed by atoms with Gasteiger partial charge in [-0.3, -0.25) is 0 Å². The van der Waals surface area contributed by atoms with Gasteiger partial charge in [0, 0.05) is 12.6 Å². The van der Waals surface area contributed by atoms with Crippen molar-refractivity contribution in [2.75, 3.05) is 12.3 Å². The van der Waals surface area contributed by atoms with E-state index in [9.17, 15) is 8.78 Å². The predicted molar refractivity (Wildman–Crippen MR) is 56.4 cm³/mol. The summed E-state index contributed by atoms with van der Waals surface area (Å²) in [5.74, 6) is -2.68. The number of halogens is 2. The van der Waals surface area contributed by atoms with Crippen molar-refractivity contribution in [2.24, 2.45) is 5.92 Å². The summed E-state index contributed by atoms with van der Waals surface area (Å²) in [5, 5.41) is 0. The van der Waals surface area contributed by atoms with E-state index < -0.39 is 11.8 Å². The van der Waals surface area contributed by atoms with Crippen LogP contribution in [0, 0.1) is 5.92 Å². The zero-order valence-corrected chi connectivity index (χ0v) is 8.83. The normalized spacial score (nSPS) is 23.2. The summed E-state index contributed by atoms with van der Waals surface area (Å²) in [6.07, 6.45) is 2.56. The number of rotatable bonds is 3. The molecule has 1 heterocycles. The highest BCUT2D eigenvalue weighted by Crippen LogP contribution is 2.40. The van der Waals surface area contributed by atoms with Gasteiger partial charge in [-0.05, 0) is 25.0 Å². The van der Waals surface area contributed by atoms with E-state index in [-0.39, 0.29) is 18.8 Å². The Bertz CT molecular complexity index is 371. The minimum absolute atomic E-state index is 0.00287. The van der Waals surface area contributed by atoms with E-state index in [4.69, 9.17) is 10.5 Å². The zero-order chi connectivity index (χ0) is 11.6. The van der Waals surface area contributed by atoms with Crippen LogP contribution in [0.1, 0.15) is 19.3 Å². The van der Waals surface area contributed by atoms with E-state index in [1.54, 1.807) is 12.1 Å². The predicted octanol–water partition coefficient (Wildman–Crippen LogP) is 2.48. The monoisotopic (exact) mass is 228 g/mol. The van der Waals surface area contributed by atoms with Crippen LogP contribution in [0.3, 0.4) is 0 Å². The van der Waals surface area contributed by atoms with Crippen LogP contribution in [-0.4, -0.2) is 17.5 Å². The standard InChI is InChI=1S/C11H14F2N2O/c12-11(13)5-1-3-8(11)7-16-9-4-2-6-15-10(9)14/h2,4,6,8H,1,3,5,7H2,(H2,14,15). The summed E-state index contributed by atoms with van der Waals surface area (Å²) in [6.45, 7) is 0.00287. The Balaban J connectivity index is 1.95. The fourth-order valence-electron chi connectivity index (χ4n) is 1.92. The van der Waals surface area contributed by atoms with Crippen LogP contribution < -0.4 is 10.5 Å². The Labute approximate surface area is 92.6 Å². The van der Waals surface area contributed by atoms with Crippen molar-refractivity contribution in [3.63, 3.8) is 0 Å². The van der Waals surface area contributed by atoms with Crippen molar-refractivity contribution in [3.8, 4) is 5.75 Å². The molecule has 1 aliphatic carbocycles. The Morgan fingerprint density at radius 3 is 3.00 bits per heavy atom. The molecule has 0 amide bonds. The van der Waals surface area contributed by atoms with E-state index in [0.29, 0.717) is 18.6 Å². The third kappa shape index (κ3) is 2.23. The molecule has 5 heteroatoms. The van der Waals surface area contributed by atoms with E-state index in [1.807, 2.05) is 0 Å². The molecule has 2 rings (SSSR count). The lowest BCUT2D eigenvalue weighted by molar-refractivity contribution is -0.0505. The van der Waals surface area contributed by atoms with Gasteiger partial charge in [-0.2, -0.15) is 0 Å². The maximum Gasteiger partial charge on any atom is 0.254 e. The minimum atomic E-state index is -2.60. The number of alkyl halides is 2. The van der Waals surface area contributed by atoms with Gasteiger partial charge in [0.1, 0.15) is 0 Å². The summed E-state index contributed by atoms with van der Waals surface area (Å²) < 4.78 is 31.9. The van der Waals surface area contributed by atoms with Crippen LogP contribution in [0.2, 0.25) is 0 Å². The van der Waals surface area contributed by atoms with Crippen molar-refractivity contribution < 1.29 is 13.5 Å². The molecule has 1 unspecified atom stereocenters. The van der Waals surface area contributed by atoms with Crippen LogP contribution in [0.25, 0.3) is 0 Å². The van der Waals surface area contributed by atoms with Crippen molar-refractivity contribution in [3.05, 3.63) is 18.3 Å². The van der Waals surface area contributed by atoms with Gasteiger partial charge >= 0.3 is 0 Å². The molecule has 16 heavy (non-hydrogen) atoms. The molecular weight excluding hydrogens is 214 g/mol. The first-order chi connectivity index (χ1) is 7.59. The number of anilines is 1. The molecule has 1 aromatic heterocycles. The second-order valence-electron chi connectivity index (χ2n) is 4.05. The van der Waals surface area contributed by atoms with E-state index >= 15 is 0 Å². The molecule has 0 spiro atoms. The second kappa shape index (κ2) is 4.23. The molecule has 1 saturated carbocycles. The van der Waals surface area contributed by atoms with Gasteiger partial charge in [0.25, 0.3) is 5.92 Å². The first-order valence-electron chi connectivity index (χ1n) is 5.31. The molecule has 0 radical (unpaired) electrons. The number of ether oxygens (including phenoxy) is 1. The average Bonchev–Trinajstić information content (AvgIpc) is 2.57. The van der Waals surface area contributed by atoms with Crippen molar-refractivity contribution in [1.82, 2.24) is 4.98 Å². The molecule has 1 aliphatic rings. The Hall–Kier alpha value is -1.39. The van der Waals surface area contributed by atoms with Crippen molar-refractivity contribution in [2.45, 2.75) is 25.2 Å². The van der Waals surface area contributed by atoms with Crippen molar-refractivity contribution >= 4 is 5.82 Å². The summed E-state index contributed by atoms with van der Waals surface area (Å²) in [7, 11) is 0. The quantitative estimate of drug-likeness (QED) is 0.864. The molecule has 1 aromatic rings. The lowest BCUT2D eigenvalue weighted by atomic mass is 10.1. The van der Waals surface area contributed by atoms with Gasteiger partial charge < -0.3 is 10.5 Å². The molecule has 3 nitrogen and oxygen atoms in total. The zero-order valence-electron chi connectivity index (χ0n) is 8.83. The Kier molecular flexibility index (Phi) is 2.94. The number of hydrogen-bond donors (Lipinski definition) is 1. The Morgan fingerprint density at radius 1 is 1.56 bits per heavy atom. The highest BCUT2D eigenvalue weighted by molar-refractivity contribution is 5.44. The van der Waals surface area contributed by atoms with Gasteiger partial charge in [-0.25, -0.2) is 13.8 Å². The largest absolute Gasteiger partial charge is 0.489 e. The summed E-state index contributed by atoms with van der Waals surface area (Å²) in [6, 6.07) is 3.30. The third-order valence-corrected chi connectivity index (χ3v) is 2.90. The number of nitrogens with zero attached hydrogens (tertiary/aromatic N) is 1. The van der Waals surface area contributed by atoms with Crippen LogP contribution in [0.4, 0.5) is 14.6 Å².